The van der Waals surface area contributed by atoms with Gasteiger partial charge in [0.15, 0.2) is 0 Å². The first kappa shape index (κ1) is 15.6. The Bertz CT molecular complexity index is 573. The highest BCUT2D eigenvalue weighted by atomic mass is 35.5. The van der Waals surface area contributed by atoms with Crippen molar-refractivity contribution in [3.05, 3.63) is 59.7 Å². The molecule has 0 aliphatic heterocycles. The smallest absolute Gasteiger partial charge is 0.387 e. The van der Waals surface area contributed by atoms with Crippen LogP contribution in [-0.4, -0.2) is 13.2 Å². The van der Waals surface area contributed by atoms with E-state index >= 15 is 0 Å². The second kappa shape index (κ2) is 7.27. The van der Waals surface area contributed by atoms with Gasteiger partial charge in [0.1, 0.15) is 11.5 Å². The lowest BCUT2D eigenvalue weighted by Crippen LogP contribution is -2.02. The highest BCUT2D eigenvalue weighted by molar-refractivity contribution is 6.22. The van der Waals surface area contributed by atoms with Gasteiger partial charge >= 0.3 is 6.61 Å². The van der Waals surface area contributed by atoms with Gasteiger partial charge in [-0.25, -0.2) is 0 Å². The zero-order valence-electron chi connectivity index (χ0n) is 11.4. The summed E-state index contributed by atoms with van der Waals surface area (Å²) in [6.45, 7) is -0.344. The third-order valence-electron chi connectivity index (χ3n) is 2.86. The lowest BCUT2D eigenvalue weighted by Gasteiger charge is -2.13. The van der Waals surface area contributed by atoms with E-state index in [-0.39, 0.29) is 5.75 Å². The van der Waals surface area contributed by atoms with Crippen LogP contribution in [0.2, 0.25) is 0 Å². The molecule has 0 aliphatic rings. The van der Waals surface area contributed by atoms with E-state index in [4.69, 9.17) is 16.3 Å². The van der Waals surface area contributed by atoms with Gasteiger partial charge in [0.05, 0.1) is 12.0 Å². The molecule has 0 amide bonds. The first-order chi connectivity index (χ1) is 10.1. The number of rotatable bonds is 6. The summed E-state index contributed by atoms with van der Waals surface area (Å²) in [5.74, 6) is 0.860. The molecule has 0 heterocycles. The number of ether oxygens (including phenoxy) is 2. The van der Waals surface area contributed by atoms with Crippen LogP contribution in [0.4, 0.5) is 8.78 Å². The maximum atomic E-state index is 12.2. The van der Waals surface area contributed by atoms with Crippen LogP contribution >= 0.6 is 11.6 Å². The normalized spacial score (nSPS) is 12.2. The van der Waals surface area contributed by atoms with Crippen LogP contribution < -0.4 is 9.47 Å². The maximum Gasteiger partial charge on any atom is 0.387 e. The van der Waals surface area contributed by atoms with Gasteiger partial charge in [0.25, 0.3) is 0 Å². The molecule has 0 spiro atoms. The number of hydrogen-bond acceptors (Lipinski definition) is 2. The van der Waals surface area contributed by atoms with Gasteiger partial charge in [-0.2, -0.15) is 8.78 Å². The van der Waals surface area contributed by atoms with Crippen LogP contribution in [-0.2, 0) is 0 Å². The highest BCUT2D eigenvalue weighted by Gasteiger charge is 2.13. The molecule has 0 radical (unpaired) electrons. The predicted octanol–water partition coefficient (Wildman–Crippen LogP) is 5.01. The van der Waals surface area contributed by atoms with E-state index < -0.39 is 12.0 Å². The Hall–Kier alpha value is -1.81. The quantitative estimate of drug-likeness (QED) is 0.698. The zero-order chi connectivity index (χ0) is 15.2. The van der Waals surface area contributed by atoms with Crippen LogP contribution in [0.25, 0.3) is 0 Å². The van der Waals surface area contributed by atoms with Gasteiger partial charge in [-0.3, -0.25) is 0 Å². The average molecular weight is 313 g/mol. The molecule has 0 saturated carbocycles. The maximum absolute atomic E-state index is 12.2. The fraction of sp³-hybridized carbons (Fsp3) is 0.250. The van der Waals surface area contributed by atoms with Gasteiger partial charge < -0.3 is 9.47 Å². The standard InChI is InChI=1S/C16H15ClF2O2/c1-2-20-13-8-6-11(7-9-13)15(17)12-4-3-5-14(10-12)21-16(18)19/h3-10,15-16H,2H2,1H3. The molecule has 2 rings (SSSR count). The van der Waals surface area contributed by atoms with Crippen molar-refractivity contribution >= 4 is 11.6 Å². The summed E-state index contributed by atoms with van der Waals surface area (Å²) in [6.07, 6.45) is 0. The molecule has 1 unspecified atom stereocenters. The van der Waals surface area contributed by atoms with Crippen molar-refractivity contribution < 1.29 is 18.3 Å². The van der Waals surface area contributed by atoms with Crippen molar-refractivity contribution in [1.82, 2.24) is 0 Å². The largest absolute Gasteiger partial charge is 0.494 e. The van der Waals surface area contributed by atoms with Crippen molar-refractivity contribution in [2.75, 3.05) is 6.61 Å². The molecule has 0 fully saturated rings. The van der Waals surface area contributed by atoms with Crippen LogP contribution in [0.15, 0.2) is 48.5 Å². The van der Waals surface area contributed by atoms with E-state index in [0.717, 1.165) is 11.3 Å². The Morgan fingerprint density at radius 2 is 1.71 bits per heavy atom. The third-order valence-corrected chi connectivity index (χ3v) is 3.36. The van der Waals surface area contributed by atoms with Crippen molar-refractivity contribution in [1.29, 1.82) is 0 Å². The van der Waals surface area contributed by atoms with Crippen molar-refractivity contribution in [3.63, 3.8) is 0 Å². The van der Waals surface area contributed by atoms with Crippen LogP contribution in [0.3, 0.4) is 0 Å². The second-order valence-electron chi connectivity index (χ2n) is 4.32. The Morgan fingerprint density at radius 3 is 2.33 bits per heavy atom. The Morgan fingerprint density at radius 1 is 1.00 bits per heavy atom. The summed E-state index contributed by atoms with van der Waals surface area (Å²) in [7, 11) is 0. The molecule has 2 aromatic carbocycles. The minimum Gasteiger partial charge on any atom is -0.494 e. The summed E-state index contributed by atoms with van der Waals surface area (Å²) in [5.41, 5.74) is 1.55. The van der Waals surface area contributed by atoms with Gasteiger partial charge in [0.2, 0.25) is 0 Å². The van der Waals surface area contributed by atoms with E-state index in [1.165, 1.54) is 12.1 Å². The Labute approximate surface area is 127 Å². The molecule has 0 N–H and O–H groups in total. The first-order valence-electron chi connectivity index (χ1n) is 6.51. The minimum atomic E-state index is -2.85. The number of alkyl halides is 3. The molecular formula is C16H15ClF2O2. The molecule has 1 atom stereocenters. The summed E-state index contributed by atoms with van der Waals surface area (Å²) < 4.78 is 34.2. The van der Waals surface area contributed by atoms with Crippen molar-refractivity contribution in [3.8, 4) is 11.5 Å². The molecule has 0 saturated heterocycles. The molecule has 0 aromatic heterocycles. The van der Waals surface area contributed by atoms with E-state index in [1.807, 2.05) is 31.2 Å². The molecule has 112 valence electrons. The topological polar surface area (TPSA) is 18.5 Å². The van der Waals surface area contributed by atoms with Gasteiger partial charge in [-0.05, 0) is 42.3 Å². The second-order valence-corrected chi connectivity index (χ2v) is 4.75. The van der Waals surface area contributed by atoms with Crippen LogP contribution in [0, 0.1) is 0 Å². The number of benzene rings is 2. The molecule has 5 heteroatoms. The predicted molar refractivity (Wildman–Crippen MR) is 78.4 cm³/mol. The zero-order valence-corrected chi connectivity index (χ0v) is 12.2. The van der Waals surface area contributed by atoms with Gasteiger partial charge in [-0.1, -0.05) is 24.3 Å². The molecule has 2 aromatic rings. The fourth-order valence-corrected chi connectivity index (χ4v) is 2.22. The molecular weight excluding hydrogens is 298 g/mol. The molecule has 2 nitrogen and oxygen atoms in total. The molecule has 0 aliphatic carbocycles. The summed E-state index contributed by atoms with van der Waals surface area (Å²) in [6, 6.07) is 13.7. The number of halogens is 3. The highest BCUT2D eigenvalue weighted by Crippen LogP contribution is 2.32. The van der Waals surface area contributed by atoms with E-state index in [0.29, 0.717) is 12.2 Å². The lowest BCUT2D eigenvalue weighted by molar-refractivity contribution is -0.0498. The Kier molecular flexibility index (Phi) is 5.39. The molecule has 21 heavy (non-hydrogen) atoms. The van der Waals surface area contributed by atoms with E-state index in [2.05, 4.69) is 4.74 Å². The first-order valence-corrected chi connectivity index (χ1v) is 6.95. The Balaban J connectivity index is 2.16. The van der Waals surface area contributed by atoms with E-state index in [1.54, 1.807) is 12.1 Å². The van der Waals surface area contributed by atoms with E-state index in [9.17, 15) is 8.78 Å². The van der Waals surface area contributed by atoms with Crippen molar-refractivity contribution in [2.24, 2.45) is 0 Å². The minimum absolute atomic E-state index is 0.0964. The summed E-state index contributed by atoms with van der Waals surface area (Å²) in [5, 5.41) is -0.443. The monoisotopic (exact) mass is 312 g/mol. The summed E-state index contributed by atoms with van der Waals surface area (Å²) in [4.78, 5) is 0. The average Bonchev–Trinajstić information content (AvgIpc) is 2.47. The third kappa shape index (κ3) is 4.33. The SMILES string of the molecule is CCOc1ccc(C(Cl)c2cccc(OC(F)F)c2)cc1. The van der Waals surface area contributed by atoms with Crippen molar-refractivity contribution in [2.45, 2.75) is 18.9 Å². The number of hydrogen-bond donors (Lipinski definition) is 0. The lowest BCUT2D eigenvalue weighted by atomic mass is 10.0. The fourth-order valence-electron chi connectivity index (χ4n) is 1.94. The van der Waals surface area contributed by atoms with Crippen LogP contribution in [0.5, 0.6) is 11.5 Å². The summed E-state index contributed by atoms with van der Waals surface area (Å²) >= 11 is 6.39. The molecule has 0 bridgehead atoms. The van der Waals surface area contributed by atoms with Crippen LogP contribution in [0.1, 0.15) is 23.4 Å². The van der Waals surface area contributed by atoms with Gasteiger partial charge in [-0.15, -0.1) is 11.6 Å². The van der Waals surface area contributed by atoms with Gasteiger partial charge in [0, 0.05) is 0 Å².